The van der Waals surface area contributed by atoms with Crippen molar-refractivity contribution in [3.8, 4) is 11.8 Å². The number of nitriles is 1. The van der Waals surface area contributed by atoms with Crippen molar-refractivity contribution < 1.29 is 4.74 Å². The van der Waals surface area contributed by atoms with Gasteiger partial charge in [0.1, 0.15) is 17.9 Å². The standard InChI is InChI=1S/C18H17N3OS/c1-21-8-6-13(7-9-21)22-14-3-4-15-12(10-14)2-5-16-18(15)20-17(11-19)23-16/h2-5,10,13H,6-9H2,1H3. The van der Waals surface area contributed by atoms with Gasteiger partial charge < -0.3 is 9.64 Å². The van der Waals surface area contributed by atoms with Gasteiger partial charge in [-0.25, -0.2) is 4.98 Å². The van der Waals surface area contributed by atoms with E-state index in [1.807, 2.05) is 12.1 Å². The summed E-state index contributed by atoms with van der Waals surface area (Å²) in [7, 11) is 2.15. The van der Waals surface area contributed by atoms with Gasteiger partial charge in [0.25, 0.3) is 0 Å². The zero-order chi connectivity index (χ0) is 15.8. The van der Waals surface area contributed by atoms with Crippen LogP contribution in [0, 0.1) is 11.3 Å². The Balaban J connectivity index is 1.65. The Morgan fingerprint density at radius 2 is 2.09 bits per heavy atom. The Labute approximate surface area is 138 Å². The molecule has 1 aliphatic rings. The maximum Gasteiger partial charge on any atom is 0.195 e. The molecule has 0 spiro atoms. The molecule has 0 N–H and O–H groups in total. The highest BCUT2D eigenvalue weighted by atomic mass is 32.1. The van der Waals surface area contributed by atoms with Crippen molar-refractivity contribution in [1.82, 2.24) is 9.88 Å². The van der Waals surface area contributed by atoms with E-state index in [1.54, 1.807) is 0 Å². The average molecular weight is 323 g/mol. The van der Waals surface area contributed by atoms with E-state index >= 15 is 0 Å². The van der Waals surface area contributed by atoms with E-state index in [9.17, 15) is 0 Å². The molecule has 4 nitrogen and oxygen atoms in total. The van der Waals surface area contributed by atoms with Gasteiger partial charge in [0, 0.05) is 18.5 Å². The van der Waals surface area contributed by atoms with E-state index in [0.29, 0.717) is 11.1 Å². The summed E-state index contributed by atoms with van der Waals surface area (Å²) in [5, 5.41) is 11.7. The minimum Gasteiger partial charge on any atom is -0.490 e. The summed E-state index contributed by atoms with van der Waals surface area (Å²) in [5.41, 5.74) is 0.912. The van der Waals surface area contributed by atoms with E-state index < -0.39 is 0 Å². The molecule has 23 heavy (non-hydrogen) atoms. The van der Waals surface area contributed by atoms with Crippen LogP contribution in [0.5, 0.6) is 5.75 Å². The van der Waals surface area contributed by atoms with Crippen LogP contribution in [0.2, 0.25) is 0 Å². The number of benzene rings is 2. The third-order valence-electron chi connectivity index (χ3n) is 4.41. The maximum absolute atomic E-state index is 9.03. The molecule has 5 heteroatoms. The van der Waals surface area contributed by atoms with E-state index in [2.05, 4.69) is 41.2 Å². The fraction of sp³-hybridized carbons (Fsp3) is 0.333. The monoisotopic (exact) mass is 323 g/mol. The third-order valence-corrected chi connectivity index (χ3v) is 5.34. The van der Waals surface area contributed by atoms with Gasteiger partial charge in [-0.05, 0) is 49.5 Å². The molecule has 0 atom stereocenters. The first-order chi connectivity index (χ1) is 11.2. The molecular formula is C18H17N3OS. The Morgan fingerprint density at radius 3 is 2.87 bits per heavy atom. The number of likely N-dealkylation sites (tertiary alicyclic amines) is 1. The highest BCUT2D eigenvalue weighted by Crippen LogP contribution is 2.31. The van der Waals surface area contributed by atoms with Gasteiger partial charge in [0.05, 0.1) is 10.2 Å². The van der Waals surface area contributed by atoms with Crippen molar-refractivity contribution in [2.75, 3.05) is 20.1 Å². The summed E-state index contributed by atoms with van der Waals surface area (Å²) in [6.07, 6.45) is 2.45. The molecule has 3 aromatic rings. The van der Waals surface area contributed by atoms with Gasteiger partial charge in [-0.15, -0.1) is 11.3 Å². The molecule has 4 rings (SSSR count). The van der Waals surface area contributed by atoms with Crippen molar-refractivity contribution in [2.45, 2.75) is 18.9 Å². The van der Waals surface area contributed by atoms with Gasteiger partial charge in [-0.3, -0.25) is 0 Å². The Kier molecular flexibility index (Phi) is 3.64. The maximum atomic E-state index is 9.03. The normalized spacial score (nSPS) is 16.7. The Bertz CT molecular complexity index is 904. The number of rotatable bonds is 2. The predicted molar refractivity (Wildman–Crippen MR) is 93.0 cm³/mol. The molecule has 1 aliphatic heterocycles. The number of hydrogen-bond acceptors (Lipinski definition) is 5. The van der Waals surface area contributed by atoms with E-state index in [-0.39, 0.29) is 0 Å². The summed E-state index contributed by atoms with van der Waals surface area (Å²) in [6, 6.07) is 12.4. The zero-order valence-corrected chi connectivity index (χ0v) is 13.8. The number of fused-ring (bicyclic) bond motifs is 3. The van der Waals surface area contributed by atoms with E-state index in [4.69, 9.17) is 10.00 Å². The molecule has 1 fully saturated rings. The van der Waals surface area contributed by atoms with E-state index in [1.165, 1.54) is 11.3 Å². The van der Waals surface area contributed by atoms with Crippen molar-refractivity contribution in [1.29, 1.82) is 5.26 Å². The van der Waals surface area contributed by atoms with Crippen LogP contribution < -0.4 is 4.74 Å². The lowest BCUT2D eigenvalue weighted by Crippen LogP contribution is -2.35. The number of hydrogen-bond donors (Lipinski definition) is 0. The molecule has 0 amide bonds. The Morgan fingerprint density at radius 1 is 1.26 bits per heavy atom. The molecule has 0 aliphatic carbocycles. The fourth-order valence-electron chi connectivity index (χ4n) is 3.11. The van der Waals surface area contributed by atoms with Crippen LogP contribution >= 0.6 is 11.3 Å². The highest BCUT2D eigenvalue weighted by molar-refractivity contribution is 7.19. The largest absolute Gasteiger partial charge is 0.490 e. The number of aromatic nitrogens is 1. The molecule has 0 bridgehead atoms. The number of nitrogens with zero attached hydrogens (tertiary/aromatic N) is 3. The predicted octanol–water partition coefficient (Wildman–Crippen LogP) is 3.79. The molecule has 0 saturated carbocycles. The molecular weight excluding hydrogens is 306 g/mol. The van der Waals surface area contributed by atoms with Crippen molar-refractivity contribution in [2.24, 2.45) is 0 Å². The number of thiazole rings is 1. The van der Waals surface area contributed by atoms with Gasteiger partial charge in [-0.1, -0.05) is 6.07 Å². The first-order valence-electron chi connectivity index (χ1n) is 7.81. The lowest BCUT2D eigenvalue weighted by Gasteiger charge is -2.29. The average Bonchev–Trinajstić information content (AvgIpc) is 3.00. The summed E-state index contributed by atoms with van der Waals surface area (Å²) in [5.74, 6) is 0.919. The van der Waals surface area contributed by atoms with Crippen molar-refractivity contribution in [3.63, 3.8) is 0 Å². The van der Waals surface area contributed by atoms with Crippen molar-refractivity contribution >= 4 is 32.3 Å². The lowest BCUT2D eigenvalue weighted by atomic mass is 10.1. The zero-order valence-electron chi connectivity index (χ0n) is 13.0. The number of ether oxygens (including phenoxy) is 1. The van der Waals surface area contributed by atoms with E-state index in [0.717, 1.165) is 52.7 Å². The Hall–Kier alpha value is -2.16. The second kappa shape index (κ2) is 5.80. The highest BCUT2D eigenvalue weighted by Gasteiger charge is 2.18. The van der Waals surface area contributed by atoms with Crippen LogP contribution in [-0.4, -0.2) is 36.1 Å². The minimum atomic E-state index is 0.303. The van der Waals surface area contributed by atoms with Crippen LogP contribution in [0.25, 0.3) is 21.0 Å². The molecule has 1 saturated heterocycles. The van der Waals surface area contributed by atoms with Gasteiger partial charge in [-0.2, -0.15) is 5.26 Å². The summed E-state index contributed by atoms with van der Waals surface area (Å²) < 4.78 is 7.21. The molecule has 0 unspecified atom stereocenters. The van der Waals surface area contributed by atoms with Gasteiger partial charge in [0.15, 0.2) is 5.01 Å². The third kappa shape index (κ3) is 2.76. The van der Waals surface area contributed by atoms with Crippen LogP contribution in [0.4, 0.5) is 0 Å². The molecule has 2 heterocycles. The summed E-state index contributed by atoms with van der Waals surface area (Å²) >= 11 is 1.44. The topological polar surface area (TPSA) is 49.1 Å². The molecule has 116 valence electrons. The molecule has 2 aromatic carbocycles. The number of piperidine rings is 1. The minimum absolute atomic E-state index is 0.303. The summed E-state index contributed by atoms with van der Waals surface area (Å²) in [4.78, 5) is 6.76. The fourth-order valence-corrected chi connectivity index (χ4v) is 3.89. The second-order valence-corrected chi connectivity index (χ2v) is 7.08. The van der Waals surface area contributed by atoms with Crippen LogP contribution in [0.3, 0.4) is 0 Å². The first kappa shape index (κ1) is 14.4. The smallest absolute Gasteiger partial charge is 0.195 e. The lowest BCUT2D eigenvalue weighted by molar-refractivity contribution is 0.114. The SMILES string of the molecule is CN1CCC(Oc2ccc3c(ccc4sc(C#N)nc43)c2)CC1. The summed E-state index contributed by atoms with van der Waals surface area (Å²) in [6.45, 7) is 2.18. The van der Waals surface area contributed by atoms with Crippen molar-refractivity contribution in [3.05, 3.63) is 35.3 Å². The first-order valence-corrected chi connectivity index (χ1v) is 8.63. The molecule has 0 radical (unpaired) electrons. The van der Waals surface area contributed by atoms with Gasteiger partial charge in [0.2, 0.25) is 0 Å². The van der Waals surface area contributed by atoms with Crippen LogP contribution in [-0.2, 0) is 0 Å². The van der Waals surface area contributed by atoms with Gasteiger partial charge >= 0.3 is 0 Å². The van der Waals surface area contributed by atoms with Crippen LogP contribution in [0.1, 0.15) is 17.8 Å². The quantitative estimate of drug-likeness (QED) is 0.720. The second-order valence-electron chi connectivity index (χ2n) is 6.05. The molecule has 1 aromatic heterocycles. The van der Waals surface area contributed by atoms with Crippen LogP contribution in [0.15, 0.2) is 30.3 Å².